The van der Waals surface area contributed by atoms with Crippen molar-refractivity contribution in [2.24, 2.45) is 11.7 Å². The van der Waals surface area contributed by atoms with Gasteiger partial charge in [0.05, 0.1) is 6.42 Å². The Hall–Kier alpha value is 0.0274. The van der Waals surface area contributed by atoms with Gasteiger partial charge in [0.25, 0.3) is 0 Å². The molecule has 0 saturated heterocycles. The molecule has 1 aliphatic rings. The third kappa shape index (κ3) is 4.71. The molecule has 1 aliphatic carbocycles. The van der Waals surface area contributed by atoms with Gasteiger partial charge in [0, 0.05) is 6.04 Å². The second-order valence-electron chi connectivity index (χ2n) is 3.66. The van der Waals surface area contributed by atoms with Gasteiger partial charge in [-0.3, -0.25) is 4.79 Å². The first-order valence-corrected chi connectivity index (χ1v) is 4.67. The summed E-state index contributed by atoms with van der Waals surface area (Å²) in [6, 6.07) is -0.122. The quantitative estimate of drug-likeness (QED) is 0.627. The van der Waals surface area contributed by atoms with Crippen molar-refractivity contribution < 1.29 is 9.90 Å². The molecule has 3 N–H and O–H groups in total. The Morgan fingerprint density at radius 1 is 1.38 bits per heavy atom. The van der Waals surface area contributed by atoms with Crippen LogP contribution in [0.25, 0.3) is 0 Å². The molecule has 0 heterocycles. The van der Waals surface area contributed by atoms with E-state index in [1.807, 2.05) is 0 Å². The van der Waals surface area contributed by atoms with E-state index in [0.717, 1.165) is 12.8 Å². The van der Waals surface area contributed by atoms with Crippen LogP contribution in [0.2, 0.25) is 0 Å². The van der Waals surface area contributed by atoms with Gasteiger partial charge in [-0.05, 0) is 18.8 Å². The van der Waals surface area contributed by atoms with E-state index >= 15 is 0 Å². The average Bonchev–Trinajstić information content (AvgIpc) is 2.05. The van der Waals surface area contributed by atoms with Crippen molar-refractivity contribution in [3.05, 3.63) is 0 Å². The first-order valence-electron chi connectivity index (χ1n) is 4.67. The Morgan fingerprint density at radius 3 is 2.38 bits per heavy atom. The van der Waals surface area contributed by atoms with Crippen molar-refractivity contribution in [1.82, 2.24) is 0 Å². The molecule has 0 aromatic rings. The van der Waals surface area contributed by atoms with Crippen LogP contribution >= 0.6 is 0 Å². The monoisotopic (exact) mass is 179 g/mol. The van der Waals surface area contributed by atoms with Crippen LogP contribution in [0.4, 0.5) is 0 Å². The first kappa shape index (κ1) is 13.0. The summed E-state index contributed by atoms with van der Waals surface area (Å²) in [5.74, 6) is -0.317. The summed E-state index contributed by atoms with van der Waals surface area (Å²) in [4.78, 5) is 10.4. The molecular weight excluding hydrogens is 161 g/mol. The molecule has 1 fully saturated rings. The summed E-state index contributed by atoms with van der Waals surface area (Å²) < 4.78 is 0. The summed E-state index contributed by atoms with van der Waals surface area (Å²) in [5.41, 5.74) is 5.77. The van der Waals surface area contributed by atoms with Crippen molar-refractivity contribution in [3.8, 4) is 0 Å². The summed E-state index contributed by atoms with van der Waals surface area (Å²) in [5, 5.41) is 8.53. The molecule has 3 nitrogen and oxygen atoms in total. The average molecular weight is 179 g/mol. The third-order valence-electron chi connectivity index (χ3n) is 2.67. The van der Waals surface area contributed by atoms with E-state index < -0.39 is 5.97 Å². The van der Waals surface area contributed by atoms with Crippen LogP contribution in [-0.4, -0.2) is 36.0 Å². The number of hydrogen-bond acceptors (Lipinski definition) is 2. The molecular formula is C9H18LiNO2. The number of aliphatic carboxylic acids is 1. The molecule has 1 saturated carbocycles. The number of carboxylic acids is 1. The number of carboxylic acid groups (broad SMARTS) is 1. The fraction of sp³-hybridized carbons (Fsp3) is 0.889. The molecule has 4 heteroatoms. The number of carbonyl (C=O) groups is 1. The van der Waals surface area contributed by atoms with Crippen LogP contribution in [0.15, 0.2) is 0 Å². The predicted molar refractivity (Wildman–Crippen MR) is 54.0 cm³/mol. The zero-order valence-corrected chi connectivity index (χ0v) is 7.33. The molecule has 13 heavy (non-hydrogen) atoms. The van der Waals surface area contributed by atoms with Crippen LogP contribution in [0, 0.1) is 5.92 Å². The Labute approximate surface area is 91.2 Å². The Kier molecular flexibility index (Phi) is 6.49. The summed E-state index contributed by atoms with van der Waals surface area (Å²) in [7, 11) is 0. The molecule has 1 rings (SSSR count). The van der Waals surface area contributed by atoms with Crippen molar-refractivity contribution in [3.63, 3.8) is 0 Å². The third-order valence-corrected chi connectivity index (χ3v) is 2.67. The zero-order chi connectivity index (χ0) is 8.97. The molecule has 0 aromatic heterocycles. The van der Waals surface area contributed by atoms with E-state index in [-0.39, 0.29) is 31.3 Å². The van der Waals surface area contributed by atoms with Crippen LogP contribution in [0.5, 0.6) is 0 Å². The van der Waals surface area contributed by atoms with E-state index in [1.165, 1.54) is 19.3 Å². The Balaban J connectivity index is 0.00000144. The number of nitrogens with two attached hydrogens (primary N) is 1. The van der Waals surface area contributed by atoms with Crippen LogP contribution in [0.1, 0.15) is 38.5 Å². The molecule has 0 aliphatic heterocycles. The Morgan fingerprint density at radius 2 is 1.92 bits per heavy atom. The van der Waals surface area contributed by atoms with Crippen molar-refractivity contribution in [2.45, 2.75) is 44.6 Å². The van der Waals surface area contributed by atoms with E-state index in [2.05, 4.69) is 0 Å². The number of rotatable bonds is 3. The minimum absolute atomic E-state index is 0. The van der Waals surface area contributed by atoms with Gasteiger partial charge < -0.3 is 10.8 Å². The molecule has 0 amide bonds. The topological polar surface area (TPSA) is 63.3 Å². The predicted octanol–water partition coefficient (Wildman–Crippen LogP) is 0.720. The van der Waals surface area contributed by atoms with Gasteiger partial charge in [-0.2, -0.15) is 0 Å². The molecule has 0 bridgehead atoms. The van der Waals surface area contributed by atoms with E-state index in [1.54, 1.807) is 0 Å². The van der Waals surface area contributed by atoms with Gasteiger partial charge in [0.2, 0.25) is 0 Å². The van der Waals surface area contributed by atoms with Crippen LogP contribution in [-0.2, 0) is 4.79 Å². The van der Waals surface area contributed by atoms with E-state index in [9.17, 15) is 4.79 Å². The molecule has 0 aromatic carbocycles. The summed E-state index contributed by atoms with van der Waals surface area (Å²) >= 11 is 0. The van der Waals surface area contributed by atoms with Gasteiger partial charge in [0.15, 0.2) is 0 Å². The summed E-state index contributed by atoms with van der Waals surface area (Å²) in [6.07, 6.45) is 6.10. The fourth-order valence-corrected chi connectivity index (χ4v) is 1.93. The second kappa shape index (κ2) is 6.48. The fourth-order valence-electron chi connectivity index (χ4n) is 1.93. The zero-order valence-electron chi connectivity index (χ0n) is 7.33. The van der Waals surface area contributed by atoms with Crippen molar-refractivity contribution >= 4 is 24.8 Å². The van der Waals surface area contributed by atoms with Gasteiger partial charge >= 0.3 is 24.8 Å². The van der Waals surface area contributed by atoms with E-state index in [4.69, 9.17) is 10.8 Å². The molecule has 1 unspecified atom stereocenters. The van der Waals surface area contributed by atoms with Gasteiger partial charge in [-0.25, -0.2) is 0 Å². The normalized spacial score (nSPS) is 20.4. The van der Waals surface area contributed by atoms with Crippen molar-refractivity contribution in [1.29, 1.82) is 0 Å². The van der Waals surface area contributed by atoms with Crippen LogP contribution in [0.3, 0.4) is 0 Å². The van der Waals surface area contributed by atoms with Crippen molar-refractivity contribution in [2.75, 3.05) is 0 Å². The molecule has 72 valence electrons. The minimum atomic E-state index is -0.770. The maximum absolute atomic E-state index is 10.4. The maximum atomic E-state index is 10.4. The number of hydrogen-bond donors (Lipinski definition) is 2. The van der Waals surface area contributed by atoms with Gasteiger partial charge in [-0.15, -0.1) is 0 Å². The Bertz CT molecular complexity index is 158. The standard InChI is InChI=1S/C9H17NO2.Li.H/c10-8(6-9(11)12)7-4-2-1-3-5-7;;/h7-8H,1-6,10H2,(H,11,12);;. The SMILES string of the molecule is NC(CC(=O)O)C1CCCCC1.[LiH]. The first-order chi connectivity index (χ1) is 5.70. The molecule has 1 atom stereocenters. The van der Waals surface area contributed by atoms with Gasteiger partial charge in [0.1, 0.15) is 0 Å². The van der Waals surface area contributed by atoms with E-state index in [0.29, 0.717) is 5.92 Å². The molecule has 0 spiro atoms. The second-order valence-corrected chi connectivity index (χ2v) is 3.66. The van der Waals surface area contributed by atoms with Crippen LogP contribution < -0.4 is 5.73 Å². The van der Waals surface area contributed by atoms with Gasteiger partial charge in [-0.1, -0.05) is 19.3 Å². The summed E-state index contributed by atoms with van der Waals surface area (Å²) in [6.45, 7) is 0. The molecule has 0 radical (unpaired) electrons.